The summed E-state index contributed by atoms with van der Waals surface area (Å²) < 4.78 is 10.4. The Bertz CT molecular complexity index is 752. The number of aromatic amines is 1. The van der Waals surface area contributed by atoms with Gasteiger partial charge < -0.3 is 14.5 Å². The molecule has 4 rings (SSSR count). The zero-order valence-corrected chi connectivity index (χ0v) is 13.6. The van der Waals surface area contributed by atoms with Crippen LogP contribution in [0.2, 0.25) is 0 Å². The quantitative estimate of drug-likeness (QED) is 0.866. The molecule has 0 bridgehead atoms. The minimum Gasteiger partial charge on any atom is -0.497 e. The van der Waals surface area contributed by atoms with Crippen LogP contribution in [-0.4, -0.2) is 43.2 Å². The number of carbonyl (C=O) groups is 1. The molecule has 0 radical (unpaired) electrons. The predicted octanol–water partition coefficient (Wildman–Crippen LogP) is 2.66. The molecular formula is C18H22N2O3. The van der Waals surface area contributed by atoms with E-state index >= 15 is 0 Å². The summed E-state index contributed by atoms with van der Waals surface area (Å²) in [6, 6.07) is 6.27. The Morgan fingerprint density at radius 1 is 1.30 bits per heavy atom. The number of benzene rings is 1. The topological polar surface area (TPSA) is 54.6 Å². The third-order valence-electron chi connectivity index (χ3n) is 5.33. The smallest absolute Gasteiger partial charge is 0.310 e. The van der Waals surface area contributed by atoms with E-state index in [1.807, 2.05) is 12.1 Å². The highest BCUT2D eigenvalue weighted by atomic mass is 16.5. The van der Waals surface area contributed by atoms with Crippen LogP contribution in [0, 0.1) is 5.92 Å². The molecule has 0 amide bonds. The molecule has 2 aliphatic heterocycles. The summed E-state index contributed by atoms with van der Waals surface area (Å²) in [6.45, 7) is 2.06. The van der Waals surface area contributed by atoms with Gasteiger partial charge in [0.25, 0.3) is 0 Å². The van der Waals surface area contributed by atoms with Gasteiger partial charge in [0.2, 0.25) is 0 Å². The second kappa shape index (κ2) is 5.57. The van der Waals surface area contributed by atoms with Crippen molar-refractivity contribution in [2.75, 3.05) is 27.3 Å². The van der Waals surface area contributed by atoms with Gasteiger partial charge in [0.1, 0.15) is 5.75 Å². The zero-order chi connectivity index (χ0) is 16.0. The van der Waals surface area contributed by atoms with Gasteiger partial charge in [-0.2, -0.15) is 0 Å². The van der Waals surface area contributed by atoms with E-state index in [-0.39, 0.29) is 17.9 Å². The normalized spacial score (nSPS) is 24.1. The molecule has 0 aliphatic carbocycles. The fraction of sp³-hybridized carbons (Fsp3) is 0.500. The number of carbonyl (C=O) groups excluding carboxylic acids is 1. The number of ether oxygens (including phenoxy) is 2. The minimum absolute atomic E-state index is 0.0808. The fourth-order valence-electron chi connectivity index (χ4n) is 4.26. The molecule has 3 heterocycles. The van der Waals surface area contributed by atoms with E-state index in [9.17, 15) is 4.79 Å². The number of H-pyrrole nitrogens is 1. The number of aromatic nitrogens is 1. The van der Waals surface area contributed by atoms with E-state index < -0.39 is 0 Å². The Morgan fingerprint density at radius 3 is 2.96 bits per heavy atom. The Kier molecular flexibility index (Phi) is 3.53. The van der Waals surface area contributed by atoms with E-state index in [2.05, 4.69) is 16.0 Å². The van der Waals surface area contributed by atoms with Crippen LogP contribution in [0.5, 0.6) is 5.75 Å². The van der Waals surface area contributed by atoms with Gasteiger partial charge in [0.15, 0.2) is 0 Å². The van der Waals surface area contributed by atoms with Crippen molar-refractivity contribution < 1.29 is 14.3 Å². The predicted molar refractivity (Wildman–Crippen MR) is 87.6 cm³/mol. The van der Waals surface area contributed by atoms with Crippen molar-refractivity contribution in [2.24, 2.45) is 5.92 Å². The summed E-state index contributed by atoms with van der Waals surface area (Å²) in [5.74, 6) is 0.674. The first kappa shape index (κ1) is 14.6. The van der Waals surface area contributed by atoms with Gasteiger partial charge in [-0.1, -0.05) is 0 Å². The number of hydrogen-bond donors (Lipinski definition) is 1. The van der Waals surface area contributed by atoms with Crippen molar-refractivity contribution in [3.63, 3.8) is 0 Å². The highest BCUT2D eigenvalue weighted by Crippen LogP contribution is 2.43. The third kappa shape index (κ3) is 2.22. The lowest BCUT2D eigenvalue weighted by molar-refractivity contribution is -0.150. The van der Waals surface area contributed by atoms with Crippen molar-refractivity contribution >= 4 is 16.9 Å². The summed E-state index contributed by atoms with van der Waals surface area (Å²) in [5, 5.41) is 1.25. The van der Waals surface area contributed by atoms with Gasteiger partial charge in [-0.05, 0) is 43.5 Å². The number of piperidine rings is 1. The van der Waals surface area contributed by atoms with Crippen LogP contribution in [-0.2, 0) is 16.0 Å². The maximum Gasteiger partial charge on any atom is 0.310 e. The van der Waals surface area contributed by atoms with E-state index in [0.29, 0.717) is 0 Å². The molecular weight excluding hydrogens is 292 g/mol. The third-order valence-corrected chi connectivity index (χ3v) is 5.33. The summed E-state index contributed by atoms with van der Waals surface area (Å²) in [5.41, 5.74) is 3.62. The van der Waals surface area contributed by atoms with Gasteiger partial charge in [0.05, 0.1) is 26.2 Å². The van der Waals surface area contributed by atoms with Crippen LogP contribution in [0.15, 0.2) is 18.2 Å². The van der Waals surface area contributed by atoms with Crippen LogP contribution < -0.4 is 4.74 Å². The molecule has 0 spiro atoms. The molecule has 5 nitrogen and oxygen atoms in total. The second-order valence-corrected chi connectivity index (χ2v) is 6.43. The first-order valence-corrected chi connectivity index (χ1v) is 8.23. The Morgan fingerprint density at radius 2 is 2.17 bits per heavy atom. The number of nitrogens with zero attached hydrogens (tertiary/aromatic N) is 1. The number of esters is 1. The Hall–Kier alpha value is -2.01. The number of fused-ring (bicyclic) bond motifs is 5. The monoisotopic (exact) mass is 314 g/mol. The number of rotatable bonds is 2. The molecule has 1 N–H and O–H groups in total. The van der Waals surface area contributed by atoms with E-state index in [1.54, 1.807) is 7.11 Å². The lowest BCUT2D eigenvalue weighted by Crippen LogP contribution is -2.45. The van der Waals surface area contributed by atoms with Gasteiger partial charge in [0, 0.05) is 29.2 Å². The summed E-state index contributed by atoms with van der Waals surface area (Å²) in [4.78, 5) is 18.3. The maximum absolute atomic E-state index is 12.3. The van der Waals surface area contributed by atoms with Crippen LogP contribution in [0.1, 0.15) is 30.1 Å². The van der Waals surface area contributed by atoms with Gasteiger partial charge in [-0.15, -0.1) is 0 Å². The minimum atomic E-state index is -0.0937. The molecule has 0 saturated carbocycles. The molecule has 122 valence electrons. The molecule has 1 aromatic carbocycles. The van der Waals surface area contributed by atoms with Crippen molar-refractivity contribution in [1.82, 2.24) is 9.88 Å². The standard InChI is InChI=1S/C18H22N2O3/c1-22-11-5-6-12-13-7-9-20-8-3-4-14(18(21)23-2)17(20)16(13)19-15(12)10-11/h5-6,10,14,17,19H,3-4,7-9H2,1-2H3/t14?,17-/m1/s1. The number of nitrogens with one attached hydrogen (secondary N) is 1. The zero-order valence-electron chi connectivity index (χ0n) is 13.6. The van der Waals surface area contributed by atoms with Gasteiger partial charge >= 0.3 is 5.97 Å². The number of methoxy groups -OCH3 is 2. The van der Waals surface area contributed by atoms with Crippen LogP contribution in [0.4, 0.5) is 0 Å². The van der Waals surface area contributed by atoms with Crippen molar-refractivity contribution in [2.45, 2.75) is 25.3 Å². The van der Waals surface area contributed by atoms with Crippen LogP contribution >= 0.6 is 0 Å². The lowest BCUT2D eigenvalue weighted by Gasteiger charge is -2.42. The summed E-state index contributed by atoms with van der Waals surface area (Å²) >= 11 is 0. The van der Waals surface area contributed by atoms with Gasteiger partial charge in [-0.3, -0.25) is 9.69 Å². The van der Waals surface area contributed by atoms with Crippen molar-refractivity contribution in [3.8, 4) is 5.75 Å². The highest BCUT2D eigenvalue weighted by molar-refractivity contribution is 5.87. The molecule has 1 unspecified atom stereocenters. The Labute approximate surface area is 135 Å². The molecule has 1 fully saturated rings. The summed E-state index contributed by atoms with van der Waals surface area (Å²) in [7, 11) is 3.17. The Balaban J connectivity index is 1.83. The summed E-state index contributed by atoms with van der Waals surface area (Å²) in [6.07, 6.45) is 2.97. The molecule has 1 saturated heterocycles. The molecule has 23 heavy (non-hydrogen) atoms. The van der Waals surface area contributed by atoms with Crippen LogP contribution in [0.3, 0.4) is 0 Å². The molecule has 2 atom stereocenters. The van der Waals surface area contributed by atoms with E-state index in [4.69, 9.17) is 9.47 Å². The maximum atomic E-state index is 12.3. The fourth-order valence-corrected chi connectivity index (χ4v) is 4.26. The van der Waals surface area contributed by atoms with E-state index in [0.717, 1.165) is 43.6 Å². The molecule has 2 aromatic rings. The first-order chi connectivity index (χ1) is 11.2. The molecule has 5 heteroatoms. The van der Waals surface area contributed by atoms with Crippen molar-refractivity contribution in [1.29, 1.82) is 0 Å². The second-order valence-electron chi connectivity index (χ2n) is 6.43. The number of hydrogen-bond acceptors (Lipinski definition) is 4. The SMILES string of the molecule is COC(=O)C1CCCN2CCc3c([nH]c4cc(OC)ccc34)[C@@H]12. The average molecular weight is 314 g/mol. The van der Waals surface area contributed by atoms with Crippen LogP contribution in [0.25, 0.3) is 10.9 Å². The van der Waals surface area contributed by atoms with Crippen molar-refractivity contribution in [3.05, 3.63) is 29.5 Å². The largest absolute Gasteiger partial charge is 0.497 e. The average Bonchev–Trinajstić information content (AvgIpc) is 2.98. The van der Waals surface area contributed by atoms with E-state index in [1.165, 1.54) is 23.8 Å². The first-order valence-electron chi connectivity index (χ1n) is 8.23. The molecule has 2 aliphatic rings. The van der Waals surface area contributed by atoms with Gasteiger partial charge in [-0.25, -0.2) is 0 Å². The molecule has 1 aromatic heterocycles. The highest BCUT2D eigenvalue weighted by Gasteiger charge is 2.42. The lowest BCUT2D eigenvalue weighted by atomic mass is 9.82.